The van der Waals surface area contributed by atoms with E-state index < -0.39 is 0 Å². The standard InChI is InChI=1S/C19H21FN6/c20-14-5-3-13(4-6-14)17-18(16-8-11-23-19(21)25-16)26(12-24-17)15-2-1-9-22-10-7-15/h3-6,8,11-12,15,22H,1-2,7,9-10H2,(H2,21,23,25). The molecule has 0 aliphatic carbocycles. The van der Waals surface area contributed by atoms with Crippen LogP contribution in [0.1, 0.15) is 25.3 Å². The molecule has 4 rings (SSSR count). The molecule has 0 spiro atoms. The van der Waals surface area contributed by atoms with Gasteiger partial charge in [-0.15, -0.1) is 0 Å². The third-order valence-electron chi connectivity index (χ3n) is 4.77. The van der Waals surface area contributed by atoms with E-state index in [-0.39, 0.29) is 11.8 Å². The number of anilines is 1. The van der Waals surface area contributed by atoms with Crippen LogP contribution < -0.4 is 11.1 Å². The molecule has 0 bridgehead atoms. The summed E-state index contributed by atoms with van der Waals surface area (Å²) in [5.74, 6) is -0.0429. The van der Waals surface area contributed by atoms with E-state index in [0.717, 1.165) is 55.0 Å². The highest BCUT2D eigenvalue weighted by Crippen LogP contribution is 2.34. The maximum Gasteiger partial charge on any atom is 0.220 e. The first kappa shape index (κ1) is 16.7. The smallest absolute Gasteiger partial charge is 0.220 e. The fourth-order valence-electron chi connectivity index (χ4n) is 3.50. The highest BCUT2D eigenvalue weighted by Gasteiger charge is 2.22. The van der Waals surface area contributed by atoms with E-state index in [1.54, 1.807) is 18.3 Å². The van der Waals surface area contributed by atoms with Crippen molar-refractivity contribution in [2.24, 2.45) is 0 Å². The van der Waals surface area contributed by atoms with Crippen LogP contribution in [0, 0.1) is 5.82 Å². The number of aromatic nitrogens is 4. The summed E-state index contributed by atoms with van der Waals surface area (Å²) >= 11 is 0. The molecule has 0 amide bonds. The SMILES string of the molecule is Nc1nccc(-c2c(-c3ccc(F)cc3)ncn2C2CCCNCC2)n1. The lowest BCUT2D eigenvalue weighted by atomic mass is 10.1. The van der Waals surface area contributed by atoms with Gasteiger partial charge in [-0.2, -0.15) is 0 Å². The summed E-state index contributed by atoms with van der Waals surface area (Å²) in [5, 5.41) is 3.44. The van der Waals surface area contributed by atoms with E-state index in [0.29, 0.717) is 6.04 Å². The molecule has 1 atom stereocenters. The van der Waals surface area contributed by atoms with Crippen molar-refractivity contribution in [2.45, 2.75) is 25.3 Å². The van der Waals surface area contributed by atoms with Gasteiger partial charge in [0, 0.05) is 17.8 Å². The Kier molecular flexibility index (Phi) is 4.62. The molecule has 1 fully saturated rings. The van der Waals surface area contributed by atoms with E-state index in [1.165, 1.54) is 12.1 Å². The normalized spacial score (nSPS) is 17.8. The summed E-state index contributed by atoms with van der Waals surface area (Å²) < 4.78 is 15.5. The molecular formula is C19H21FN6. The molecule has 1 aliphatic rings. The van der Waals surface area contributed by atoms with Gasteiger partial charge in [-0.3, -0.25) is 0 Å². The van der Waals surface area contributed by atoms with Crippen LogP contribution in [-0.2, 0) is 0 Å². The molecule has 6 nitrogen and oxygen atoms in total. The van der Waals surface area contributed by atoms with Crippen LogP contribution in [0.4, 0.5) is 10.3 Å². The summed E-state index contributed by atoms with van der Waals surface area (Å²) in [6.07, 6.45) is 6.72. The van der Waals surface area contributed by atoms with Crippen LogP contribution in [0.15, 0.2) is 42.9 Å². The minimum Gasteiger partial charge on any atom is -0.368 e. The summed E-state index contributed by atoms with van der Waals surface area (Å²) in [5.41, 5.74) is 9.07. The molecule has 3 N–H and O–H groups in total. The van der Waals surface area contributed by atoms with Gasteiger partial charge in [-0.25, -0.2) is 19.3 Å². The van der Waals surface area contributed by atoms with Gasteiger partial charge in [0.05, 0.1) is 23.4 Å². The number of halogens is 1. The monoisotopic (exact) mass is 352 g/mol. The van der Waals surface area contributed by atoms with Crippen molar-refractivity contribution in [2.75, 3.05) is 18.8 Å². The molecule has 1 unspecified atom stereocenters. The minimum atomic E-state index is -0.268. The summed E-state index contributed by atoms with van der Waals surface area (Å²) in [4.78, 5) is 13.1. The lowest BCUT2D eigenvalue weighted by Gasteiger charge is -2.19. The highest BCUT2D eigenvalue weighted by molar-refractivity contribution is 5.77. The van der Waals surface area contributed by atoms with Crippen molar-refractivity contribution in [3.05, 3.63) is 48.7 Å². The maximum absolute atomic E-state index is 13.4. The lowest BCUT2D eigenvalue weighted by molar-refractivity contribution is 0.457. The van der Waals surface area contributed by atoms with Crippen molar-refractivity contribution < 1.29 is 4.39 Å². The first-order valence-electron chi connectivity index (χ1n) is 8.85. The van der Waals surface area contributed by atoms with Crippen molar-refractivity contribution in [1.82, 2.24) is 24.8 Å². The van der Waals surface area contributed by atoms with Gasteiger partial charge in [0.25, 0.3) is 0 Å². The second-order valence-corrected chi connectivity index (χ2v) is 6.49. The predicted octanol–water partition coefficient (Wildman–Crippen LogP) is 3.04. The van der Waals surface area contributed by atoms with E-state index in [4.69, 9.17) is 5.73 Å². The molecule has 0 saturated carbocycles. The topological polar surface area (TPSA) is 81.6 Å². The molecule has 7 heteroatoms. The molecular weight excluding hydrogens is 331 g/mol. The Morgan fingerprint density at radius 3 is 2.73 bits per heavy atom. The van der Waals surface area contributed by atoms with Gasteiger partial charge in [0.2, 0.25) is 5.95 Å². The zero-order valence-electron chi connectivity index (χ0n) is 14.4. The van der Waals surface area contributed by atoms with Crippen LogP contribution in [-0.4, -0.2) is 32.6 Å². The fourth-order valence-corrected chi connectivity index (χ4v) is 3.50. The second kappa shape index (κ2) is 7.21. The Morgan fingerprint density at radius 1 is 1.08 bits per heavy atom. The third-order valence-corrected chi connectivity index (χ3v) is 4.77. The van der Waals surface area contributed by atoms with Crippen molar-refractivity contribution in [3.63, 3.8) is 0 Å². The molecule has 26 heavy (non-hydrogen) atoms. The zero-order chi connectivity index (χ0) is 17.9. The number of benzene rings is 1. The number of rotatable bonds is 3. The molecule has 2 aromatic heterocycles. The Hall–Kier alpha value is -2.80. The highest BCUT2D eigenvalue weighted by atomic mass is 19.1. The van der Waals surface area contributed by atoms with E-state index in [2.05, 4.69) is 24.8 Å². The molecule has 1 saturated heterocycles. The first-order valence-corrected chi connectivity index (χ1v) is 8.85. The predicted molar refractivity (Wildman–Crippen MR) is 98.8 cm³/mol. The average molecular weight is 352 g/mol. The van der Waals surface area contributed by atoms with Crippen LogP contribution >= 0.6 is 0 Å². The van der Waals surface area contributed by atoms with Gasteiger partial charge >= 0.3 is 0 Å². The van der Waals surface area contributed by atoms with Gasteiger partial charge in [-0.05, 0) is 62.7 Å². The third kappa shape index (κ3) is 3.30. The largest absolute Gasteiger partial charge is 0.368 e. The van der Waals surface area contributed by atoms with Crippen LogP contribution in [0.25, 0.3) is 22.6 Å². The number of hydrogen-bond donors (Lipinski definition) is 2. The van der Waals surface area contributed by atoms with Crippen LogP contribution in [0.3, 0.4) is 0 Å². The summed E-state index contributed by atoms with van der Waals surface area (Å²) in [6.45, 7) is 2.01. The van der Waals surface area contributed by atoms with Crippen molar-refractivity contribution >= 4 is 5.95 Å². The first-order chi connectivity index (χ1) is 12.7. The molecule has 134 valence electrons. The molecule has 3 aromatic rings. The van der Waals surface area contributed by atoms with Crippen molar-refractivity contribution in [1.29, 1.82) is 0 Å². The Balaban J connectivity index is 1.85. The maximum atomic E-state index is 13.4. The number of nitrogens with two attached hydrogens (primary N) is 1. The van der Waals surface area contributed by atoms with Gasteiger partial charge in [-0.1, -0.05) is 0 Å². The number of hydrogen-bond acceptors (Lipinski definition) is 5. The average Bonchev–Trinajstić information content (AvgIpc) is 2.90. The number of nitrogens with one attached hydrogen (secondary N) is 1. The van der Waals surface area contributed by atoms with Crippen molar-refractivity contribution in [3.8, 4) is 22.6 Å². The van der Waals surface area contributed by atoms with E-state index in [9.17, 15) is 4.39 Å². The number of nitrogens with zero attached hydrogens (tertiary/aromatic N) is 4. The van der Waals surface area contributed by atoms with Crippen LogP contribution in [0.5, 0.6) is 0 Å². The number of nitrogen functional groups attached to an aromatic ring is 1. The Morgan fingerprint density at radius 2 is 1.92 bits per heavy atom. The van der Waals surface area contributed by atoms with Gasteiger partial charge < -0.3 is 15.6 Å². The van der Waals surface area contributed by atoms with Crippen LogP contribution in [0.2, 0.25) is 0 Å². The Labute approximate surface area is 151 Å². The summed E-state index contributed by atoms with van der Waals surface area (Å²) in [7, 11) is 0. The second-order valence-electron chi connectivity index (χ2n) is 6.49. The quantitative estimate of drug-likeness (QED) is 0.757. The van der Waals surface area contributed by atoms with Gasteiger partial charge in [0.15, 0.2) is 0 Å². The number of imidazole rings is 1. The Bertz CT molecular complexity index is 881. The lowest BCUT2D eigenvalue weighted by Crippen LogP contribution is -2.15. The molecule has 0 radical (unpaired) electrons. The molecule has 1 aliphatic heterocycles. The van der Waals surface area contributed by atoms with E-state index in [1.807, 2.05) is 12.4 Å². The fraction of sp³-hybridized carbons (Fsp3) is 0.316. The zero-order valence-corrected chi connectivity index (χ0v) is 14.4. The molecule has 1 aromatic carbocycles. The van der Waals surface area contributed by atoms with E-state index >= 15 is 0 Å². The minimum absolute atomic E-state index is 0.225. The molecule has 3 heterocycles. The summed E-state index contributed by atoms with van der Waals surface area (Å²) in [6, 6.07) is 8.55. The van der Waals surface area contributed by atoms with Gasteiger partial charge in [0.1, 0.15) is 5.82 Å².